The molecule has 0 fully saturated rings. The molecular weight excluding hydrogens is 320 g/mol. The van der Waals surface area contributed by atoms with Crippen LogP contribution in [0.1, 0.15) is 105 Å². The average molecular weight is 363 g/mol. The predicted octanol–water partition coefficient (Wildman–Crippen LogP) is 7.70. The summed E-state index contributed by atoms with van der Waals surface area (Å²) in [6.45, 7) is 11.3. The number of hydrogen-bond acceptors (Lipinski definition) is 2. The van der Waals surface area contributed by atoms with Gasteiger partial charge in [0.15, 0.2) is 0 Å². The molecule has 0 saturated heterocycles. The fourth-order valence-electron chi connectivity index (χ4n) is 2.74. The SMILES string of the molecule is CCCCCCCCC(=O)OCC=C(C)CCC=C(C)CCC=C(C)C. The standard InChI is InChI=1S/C24H42O2/c1-6-7-8-9-10-11-18-24(25)26-20-19-23(5)17-13-16-22(4)15-12-14-21(2)3/h14,16,19H,6-13,15,17-18,20H2,1-5H3. The Balaban J connectivity index is 3.77. The highest BCUT2D eigenvalue weighted by atomic mass is 16.5. The molecule has 0 aliphatic rings. The van der Waals surface area contributed by atoms with Crippen molar-refractivity contribution in [3.63, 3.8) is 0 Å². The molecule has 0 amide bonds. The number of ether oxygens (including phenoxy) is 1. The Labute approximate surface area is 162 Å². The highest BCUT2D eigenvalue weighted by Gasteiger charge is 2.01. The van der Waals surface area contributed by atoms with Crippen LogP contribution >= 0.6 is 0 Å². The van der Waals surface area contributed by atoms with Crippen molar-refractivity contribution in [1.29, 1.82) is 0 Å². The molecule has 0 saturated carbocycles. The molecule has 0 N–H and O–H groups in total. The fraction of sp³-hybridized carbons (Fsp3) is 0.708. The van der Waals surface area contributed by atoms with Crippen LogP contribution in [-0.2, 0) is 9.53 Å². The summed E-state index contributed by atoms with van der Waals surface area (Å²) in [6.07, 6.45) is 18.8. The zero-order valence-electron chi connectivity index (χ0n) is 18.0. The van der Waals surface area contributed by atoms with Gasteiger partial charge in [-0.3, -0.25) is 4.79 Å². The Kier molecular flexibility index (Phi) is 16.3. The van der Waals surface area contributed by atoms with Crippen LogP contribution in [0.4, 0.5) is 0 Å². The zero-order chi connectivity index (χ0) is 19.6. The molecule has 0 atom stereocenters. The van der Waals surface area contributed by atoms with E-state index in [-0.39, 0.29) is 5.97 Å². The van der Waals surface area contributed by atoms with Gasteiger partial charge < -0.3 is 4.74 Å². The van der Waals surface area contributed by atoms with Crippen LogP contribution in [0.3, 0.4) is 0 Å². The quantitative estimate of drug-likeness (QED) is 0.169. The molecule has 0 radical (unpaired) electrons. The maximum Gasteiger partial charge on any atom is 0.306 e. The van der Waals surface area contributed by atoms with Gasteiger partial charge in [-0.15, -0.1) is 0 Å². The summed E-state index contributed by atoms with van der Waals surface area (Å²) < 4.78 is 5.31. The number of carbonyl (C=O) groups excluding carboxylic acids is 1. The van der Waals surface area contributed by atoms with Crippen molar-refractivity contribution in [3.8, 4) is 0 Å². The van der Waals surface area contributed by atoms with Gasteiger partial charge in [0.1, 0.15) is 6.61 Å². The third-order valence-electron chi connectivity index (χ3n) is 4.53. The Morgan fingerprint density at radius 1 is 0.731 bits per heavy atom. The lowest BCUT2D eigenvalue weighted by atomic mass is 10.1. The number of unbranched alkanes of at least 4 members (excludes halogenated alkanes) is 5. The van der Waals surface area contributed by atoms with E-state index < -0.39 is 0 Å². The van der Waals surface area contributed by atoms with Crippen LogP contribution in [0.5, 0.6) is 0 Å². The van der Waals surface area contributed by atoms with Crippen molar-refractivity contribution >= 4 is 5.97 Å². The molecule has 0 unspecified atom stereocenters. The molecule has 0 aromatic carbocycles. The minimum absolute atomic E-state index is 0.0560. The third-order valence-corrected chi connectivity index (χ3v) is 4.53. The van der Waals surface area contributed by atoms with E-state index in [1.54, 1.807) is 0 Å². The fourth-order valence-corrected chi connectivity index (χ4v) is 2.74. The highest BCUT2D eigenvalue weighted by molar-refractivity contribution is 5.69. The van der Waals surface area contributed by atoms with E-state index in [0.717, 1.165) is 38.5 Å². The summed E-state index contributed by atoms with van der Waals surface area (Å²) in [4.78, 5) is 11.7. The van der Waals surface area contributed by atoms with Gasteiger partial charge in [0, 0.05) is 6.42 Å². The Hall–Kier alpha value is -1.31. The van der Waals surface area contributed by atoms with E-state index >= 15 is 0 Å². The van der Waals surface area contributed by atoms with Crippen LogP contribution < -0.4 is 0 Å². The first-order valence-corrected chi connectivity index (χ1v) is 10.6. The van der Waals surface area contributed by atoms with Crippen LogP contribution in [0.25, 0.3) is 0 Å². The molecule has 0 rings (SSSR count). The molecule has 0 spiro atoms. The second-order valence-corrected chi connectivity index (χ2v) is 7.66. The van der Waals surface area contributed by atoms with E-state index in [9.17, 15) is 4.79 Å². The number of allylic oxidation sites excluding steroid dienone is 5. The lowest BCUT2D eigenvalue weighted by molar-refractivity contribution is -0.142. The first kappa shape index (κ1) is 24.7. The van der Waals surface area contributed by atoms with E-state index in [1.165, 1.54) is 42.4 Å². The zero-order valence-corrected chi connectivity index (χ0v) is 18.0. The number of esters is 1. The van der Waals surface area contributed by atoms with Crippen LogP contribution in [0, 0.1) is 0 Å². The van der Waals surface area contributed by atoms with Crippen LogP contribution in [0.2, 0.25) is 0 Å². The van der Waals surface area contributed by atoms with Crippen molar-refractivity contribution in [3.05, 3.63) is 34.9 Å². The van der Waals surface area contributed by atoms with E-state index in [2.05, 4.69) is 46.8 Å². The second-order valence-electron chi connectivity index (χ2n) is 7.66. The van der Waals surface area contributed by atoms with Gasteiger partial charge in [0.25, 0.3) is 0 Å². The largest absolute Gasteiger partial charge is 0.461 e. The lowest BCUT2D eigenvalue weighted by Crippen LogP contribution is -2.04. The molecule has 2 heteroatoms. The highest BCUT2D eigenvalue weighted by Crippen LogP contribution is 2.11. The first-order chi connectivity index (χ1) is 12.5. The monoisotopic (exact) mass is 362 g/mol. The Morgan fingerprint density at radius 2 is 1.31 bits per heavy atom. The van der Waals surface area contributed by atoms with Gasteiger partial charge in [-0.25, -0.2) is 0 Å². The average Bonchev–Trinajstić information content (AvgIpc) is 2.57. The first-order valence-electron chi connectivity index (χ1n) is 10.6. The third kappa shape index (κ3) is 17.5. The number of carbonyl (C=O) groups is 1. The van der Waals surface area contributed by atoms with Gasteiger partial charge in [0.2, 0.25) is 0 Å². The molecule has 0 aromatic rings. The summed E-state index contributed by atoms with van der Waals surface area (Å²) in [5.74, 6) is -0.0560. The normalized spacial score (nSPS) is 12.2. The maximum atomic E-state index is 11.7. The molecular formula is C24H42O2. The topological polar surface area (TPSA) is 26.3 Å². The summed E-state index contributed by atoms with van der Waals surface area (Å²) >= 11 is 0. The van der Waals surface area contributed by atoms with Crippen molar-refractivity contribution in [2.24, 2.45) is 0 Å². The molecule has 0 aliphatic carbocycles. The lowest BCUT2D eigenvalue weighted by Gasteiger charge is -2.04. The number of hydrogen-bond donors (Lipinski definition) is 0. The Morgan fingerprint density at radius 3 is 1.96 bits per heavy atom. The van der Waals surface area contributed by atoms with E-state index in [0.29, 0.717) is 13.0 Å². The van der Waals surface area contributed by atoms with E-state index in [1.807, 2.05) is 6.08 Å². The summed E-state index contributed by atoms with van der Waals surface area (Å²) in [6, 6.07) is 0. The van der Waals surface area contributed by atoms with Crippen molar-refractivity contribution in [1.82, 2.24) is 0 Å². The van der Waals surface area contributed by atoms with Gasteiger partial charge in [-0.05, 0) is 65.9 Å². The van der Waals surface area contributed by atoms with Crippen molar-refractivity contribution < 1.29 is 9.53 Å². The summed E-state index contributed by atoms with van der Waals surface area (Å²) in [5, 5.41) is 0. The van der Waals surface area contributed by atoms with Crippen LogP contribution in [-0.4, -0.2) is 12.6 Å². The minimum atomic E-state index is -0.0560. The predicted molar refractivity (Wildman–Crippen MR) is 114 cm³/mol. The summed E-state index contributed by atoms with van der Waals surface area (Å²) in [5.41, 5.74) is 4.15. The number of rotatable bonds is 15. The Bertz CT molecular complexity index is 451. The molecule has 2 nitrogen and oxygen atoms in total. The van der Waals surface area contributed by atoms with Gasteiger partial charge in [-0.1, -0.05) is 67.9 Å². The molecule has 26 heavy (non-hydrogen) atoms. The van der Waals surface area contributed by atoms with Crippen molar-refractivity contribution in [2.45, 2.75) is 105 Å². The van der Waals surface area contributed by atoms with Gasteiger partial charge in [0.05, 0.1) is 0 Å². The van der Waals surface area contributed by atoms with E-state index in [4.69, 9.17) is 4.74 Å². The molecule has 150 valence electrons. The van der Waals surface area contributed by atoms with Gasteiger partial charge in [-0.2, -0.15) is 0 Å². The summed E-state index contributed by atoms with van der Waals surface area (Å²) in [7, 11) is 0. The van der Waals surface area contributed by atoms with Crippen LogP contribution in [0.15, 0.2) is 34.9 Å². The molecule has 0 aliphatic heterocycles. The second kappa shape index (κ2) is 17.1. The van der Waals surface area contributed by atoms with Crippen molar-refractivity contribution in [2.75, 3.05) is 6.61 Å². The smallest absolute Gasteiger partial charge is 0.306 e. The molecule has 0 heterocycles. The molecule has 0 aromatic heterocycles. The minimum Gasteiger partial charge on any atom is -0.461 e. The van der Waals surface area contributed by atoms with Gasteiger partial charge >= 0.3 is 5.97 Å². The molecule has 0 bridgehead atoms. The maximum absolute atomic E-state index is 11.7.